The molecule has 18 heavy (non-hydrogen) atoms. The average molecular weight is 340 g/mol. The summed E-state index contributed by atoms with van der Waals surface area (Å²) in [6, 6.07) is 4.62. The molecule has 0 amide bonds. The second kappa shape index (κ2) is 6.78. The van der Waals surface area contributed by atoms with Gasteiger partial charge in [-0.05, 0) is 35.8 Å². The van der Waals surface area contributed by atoms with Crippen molar-refractivity contribution >= 4 is 23.5 Å². The third kappa shape index (κ3) is 3.39. The van der Waals surface area contributed by atoms with Gasteiger partial charge in [-0.25, -0.2) is 4.39 Å². The van der Waals surface area contributed by atoms with Gasteiger partial charge < -0.3 is 14.8 Å². The molecule has 0 aromatic heterocycles. The average Bonchev–Trinajstić information content (AvgIpc) is 2.32. The van der Waals surface area contributed by atoms with Crippen molar-refractivity contribution in [1.82, 2.24) is 0 Å². The molecule has 0 saturated carbocycles. The summed E-state index contributed by atoms with van der Waals surface area (Å²) in [6.07, 6.45) is 0. The van der Waals surface area contributed by atoms with Gasteiger partial charge in [-0.3, -0.25) is 4.57 Å². The van der Waals surface area contributed by atoms with Gasteiger partial charge in [-0.1, -0.05) is 12.1 Å². The van der Waals surface area contributed by atoms with E-state index in [0.29, 0.717) is 0 Å². The van der Waals surface area contributed by atoms with Crippen molar-refractivity contribution in [3.63, 3.8) is 0 Å². The Morgan fingerprint density at radius 1 is 1.39 bits per heavy atom. The van der Waals surface area contributed by atoms with Crippen molar-refractivity contribution in [2.45, 2.75) is 19.6 Å². The second-order valence-electron chi connectivity index (χ2n) is 3.46. The number of halogens is 2. The fraction of sp³-hybridized carbons (Fsp3) is 0.455. The molecule has 1 atom stereocenters. The summed E-state index contributed by atoms with van der Waals surface area (Å²) in [6.45, 7) is 3.71. The number of rotatable bonds is 6. The van der Waals surface area contributed by atoms with E-state index in [0.717, 1.165) is 0 Å². The molecule has 0 aliphatic rings. The minimum atomic E-state index is -3.56. The first kappa shape index (κ1) is 15.8. The Labute approximate surface area is 114 Å². The molecule has 4 nitrogen and oxygen atoms in total. The molecule has 1 rings (SSSR count). The maximum Gasteiger partial charge on any atom is 0.351 e. The fourth-order valence-corrected chi connectivity index (χ4v) is 3.51. The van der Waals surface area contributed by atoms with Gasteiger partial charge in [0.05, 0.1) is 17.7 Å². The van der Waals surface area contributed by atoms with Crippen molar-refractivity contribution in [3.05, 3.63) is 34.1 Å². The van der Waals surface area contributed by atoms with Gasteiger partial charge in [0, 0.05) is 5.56 Å². The summed E-state index contributed by atoms with van der Waals surface area (Å²) in [5.74, 6) is -1.69. The summed E-state index contributed by atoms with van der Waals surface area (Å²) >= 11 is 3.06. The van der Waals surface area contributed by atoms with Gasteiger partial charge in [0.25, 0.3) is 0 Å². The van der Waals surface area contributed by atoms with Crippen LogP contribution in [0, 0.1) is 5.82 Å². The van der Waals surface area contributed by atoms with E-state index in [1.165, 1.54) is 12.1 Å². The normalized spacial score (nSPS) is 13.6. The highest BCUT2D eigenvalue weighted by molar-refractivity contribution is 9.10. The lowest BCUT2D eigenvalue weighted by atomic mass is 10.2. The fourth-order valence-electron chi connectivity index (χ4n) is 1.48. The predicted molar refractivity (Wildman–Crippen MR) is 71.9 cm³/mol. The van der Waals surface area contributed by atoms with Crippen molar-refractivity contribution in [2.75, 3.05) is 13.2 Å². The van der Waals surface area contributed by atoms with Crippen LogP contribution in [0.1, 0.15) is 25.2 Å². The lowest BCUT2D eigenvalue weighted by Gasteiger charge is -2.23. The van der Waals surface area contributed by atoms with E-state index < -0.39 is 19.2 Å². The summed E-state index contributed by atoms with van der Waals surface area (Å²) in [5.41, 5.74) is 5.95. The van der Waals surface area contributed by atoms with E-state index in [4.69, 9.17) is 14.8 Å². The van der Waals surface area contributed by atoms with Crippen LogP contribution < -0.4 is 5.73 Å². The van der Waals surface area contributed by atoms with Gasteiger partial charge in [0.2, 0.25) is 0 Å². The van der Waals surface area contributed by atoms with E-state index >= 15 is 0 Å². The molecule has 0 aliphatic heterocycles. The number of hydrogen-bond donors (Lipinski definition) is 1. The maximum atomic E-state index is 13.9. The maximum absolute atomic E-state index is 13.9. The molecule has 0 aliphatic carbocycles. The van der Waals surface area contributed by atoms with Crippen LogP contribution in [0.5, 0.6) is 0 Å². The summed E-state index contributed by atoms with van der Waals surface area (Å²) < 4.78 is 36.8. The molecular formula is C11H16BrFNO3P. The molecule has 0 fully saturated rings. The van der Waals surface area contributed by atoms with E-state index in [9.17, 15) is 8.96 Å². The Balaban J connectivity index is 3.13. The number of nitrogens with two attached hydrogens (primary N) is 1. The SMILES string of the molecule is CCOP(=O)(OCC)[C@@H](N)c1cccc(Br)c1F. The smallest absolute Gasteiger partial charge is 0.314 e. The van der Waals surface area contributed by atoms with Gasteiger partial charge in [0.1, 0.15) is 11.6 Å². The van der Waals surface area contributed by atoms with Crippen LogP contribution in [0.2, 0.25) is 0 Å². The quantitative estimate of drug-likeness (QED) is 0.800. The number of benzene rings is 1. The van der Waals surface area contributed by atoms with Gasteiger partial charge >= 0.3 is 7.60 Å². The van der Waals surface area contributed by atoms with Crippen LogP contribution >= 0.6 is 23.5 Å². The van der Waals surface area contributed by atoms with Crippen molar-refractivity contribution < 1.29 is 18.0 Å². The monoisotopic (exact) mass is 339 g/mol. The molecule has 0 saturated heterocycles. The minimum absolute atomic E-state index is 0.106. The molecule has 7 heteroatoms. The van der Waals surface area contributed by atoms with Crippen LogP contribution in [-0.4, -0.2) is 13.2 Å². The molecule has 0 heterocycles. The zero-order chi connectivity index (χ0) is 13.8. The van der Waals surface area contributed by atoms with Crippen LogP contribution in [0.25, 0.3) is 0 Å². The summed E-state index contributed by atoms with van der Waals surface area (Å²) in [5, 5.41) is 0. The Morgan fingerprint density at radius 3 is 2.44 bits per heavy atom. The third-order valence-corrected chi connectivity index (χ3v) is 5.07. The van der Waals surface area contributed by atoms with Crippen molar-refractivity contribution in [1.29, 1.82) is 0 Å². The van der Waals surface area contributed by atoms with Gasteiger partial charge in [-0.15, -0.1) is 0 Å². The van der Waals surface area contributed by atoms with E-state index in [2.05, 4.69) is 15.9 Å². The molecule has 102 valence electrons. The van der Waals surface area contributed by atoms with Crippen LogP contribution in [0.3, 0.4) is 0 Å². The second-order valence-corrected chi connectivity index (χ2v) is 6.47. The van der Waals surface area contributed by atoms with Crippen molar-refractivity contribution in [3.8, 4) is 0 Å². The third-order valence-electron chi connectivity index (χ3n) is 2.26. The molecule has 0 radical (unpaired) electrons. The standard InChI is InChI=1S/C11H16BrFNO3P/c1-3-16-18(15,17-4-2)11(14)8-6-5-7-9(12)10(8)13/h5-7,11H,3-4,14H2,1-2H3/t11-/m1/s1. The van der Waals surface area contributed by atoms with Gasteiger partial charge in [0.15, 0.2) is 0 Å². The Morgan fingerprint density at radius 2 is 1.94 bits per heavy atom. The largest absolute Gasteiger partial charge is 0.351 e. The van der Waals surface area contributed by atoms with Gasteiger partial charge in [-0.2, -0.15) is 0 Å². The highest BCUT2D eigenvalue weighted by Crippen LogP contribution is 2.58. The molecule has 0 bridgehead atoms. The summed E-state index contributed by atoms with van der Waals surface area (Å²) in [7, 11) is -3.56. The van der Waals surface area contributed by atoms with E-state index in [1.807, 2.05) is 0 Å². The predicted octanol–water partition coefficient (Wildman–Crippen LogP) is 3.81. The highest BCUT2D eigenvalue weighted by atomic mass is 79.9. The topological polar surface area (TPSA) is 61.5 Å². The molecule has 0 unspecified atom stereocenters. The van der Waals surface area contributed by atoms with Crippen LogP contribution in [0.4, 0.5) is 4.39 Å². The highest BCUT2D eigenvalue weighted by Gasteiger charge is 2.35. The Hall–Kier alpha value is -0.260. The molecule has 0 spiro atoms. The van der Waals surface area contributed by atoms with E-state index in [-0.39, 0.29) is 23.2 Å². The molecular weight excluding hydrogens is 324 g/mol. The zero-order valence-electron chi connectivity index (χ0n) is 10.2. The zero-order valence-corrected chi connectivity index (χ0v) is 12.7. The molecule has 1 aromatic rings. The Kier molecular flexibility index (Phi) is 5.95. The first-order valence-electron chi connectivity index (χ1n) is 5.54. The van der Waals surface area contributed by atoms with Crippen LogP contribution in [-0.2, 0) is 13.6 Å². The van der Waals surface area contributed by atoms with Crippen LogP contribution in [0.15, 0.2) is 22.7 Å². The summed E-state index contributed by atoms with van der Waals surface area (Å²) in [4.78, 5) is 0. The first-order valence-corrected chi connectivity index (χ1v) is 7.95. The lowest BCUT2D eigenvalue weighted by molar-refractivity contribution is 0.212. The Bertz CT molecular complexity index is 448. The number of hydrogen-bond acceptors (Lipinski definition) is 4. The molecule has 2 N–H and O–H groups in total. The first-order chi connectivity index (χ1) is 8.46. The van der Waals surface area contributed by atoms with Crippen molar-refractivity contribution in [2.24, 2.45) is 5.73 Å². The van der Waals surface area contributed by atoms with E-state index in [1.54, 1.807) is 19.9 Å². The molecule has 1 aromatic carbocycles. The lowest BCUT2D eigenvalue weighted by Crippen LogP contribution is -2.16. The minimum Gasteiger partial charge on any atom is -0.314 e.